The molecule has 0 atom stereocenters. The Bertz CT molecular complexity index is 408. The first-order valence-electron chi connectivity index (χ1n) is 5.29. The normalized spacial score (nSPS) is 10.5. The average molecular weight is 233 g/mol. The maximum atomic E-state index is 5.61. The Morgan fingerprint density at radius 3 is 2.62 bits per heavy atom. The summed E-state index contributed by atoms with van der Waals surface area (Å²) in [5.74, 6) is 0. The van der Waals surface area contributed by atoms with E-state index in [-0.39, 0.29) is 0 Å². The summed E-state index contributed by atoms with van der Waals surface area (Å²) in [6.07, 6.45) is 0.993. The van der Waals surface area contributed by atoms with Crippen molar-refractivity contribution in [1.29, 1.82) is 0 Å². The Morgan fingerprint density at radius 2 is 1.94 bits per heavy atom. The predicted octanol–water partition coefficient (Wildman–Crippen LogP) is 3.09. The van der Waals surface area contributed by atoms with Crippen LogP contribution in [-0.2, 0) is 17.8 Å². The molecule has 0 fully saturated rings. The van der Waals surface area contributed by atoms with Crippen LogP contribution in [0.5, 0.6) is 0 Å². The van der Waals surface area contributed by atoms with Gasteiger partial charge < -0.3 is 10.5 Å². The number of ether oxygens (including phenoxy) is 1. The van der Waals surface area contributed by atoms with Crippen LogP contribution in [0.3, 0.4) is 0 Å². The summed E-state index contributed by atoms with van der Waals surface area (Å²) in [6, 6.07) is 12.0. The van der Waals surface area contributed by atoms with Gasteiger partial charge in [-0.25, -0.2) is 0 Å². The molecule has 16 heavy (non-hydrogen) atoms. The first-order chi connectivity index (χ1) is 7.84. The third-order valence-corrected chi connectivity index (χ3v) is 3.26. The molecular weight excluding hydrogens is 218 g/mol. The molecule has 2 rings (SSSR count). The fraction of sp³-hybridized carbons (Fsp3) is 0.231. The van der Waals surface area contributed by atoms with Crippen LogP contribution in [0.25, 0.3) is 0 Å². The Morgan fingerprint density at radius 1 is 1.12 bits per heavy atom. The van der Waals surface area contributed by atoms with Crippen LogP contribution in [0, 0.1) is 0 Å². The van der Waals surface area contributed by atoms with Crippen molar-refractivity contribution in [2.75, 3.05) is 12.3 Å². The molecule has 1 heterocycles. The van der Waals surface area contributed by atoms with Gasteiger partial charge in [-0.05, 0) is 29.1 Å². The van der Waals surface area contributed by atoms with E-state index in [0.29, 0.717) is 6.61 Å². The monoisotopic (exact) mass is 233 g/mol. The van der Waals surface area contributed by atoms with Crippen molar-refractivity contribution in [2.24, 2.45) is 0 Å². The molecular formula is C13H15NOS. The number of rotatable bonds is 5. The molecule has 0 bridgehead atoms. The van der Waals surface area contributed by atoms with Gasteiger partial charge >= 0.3 is 0 Å². The molecule has 2 aromatic rings. The molecule has 84 valence electrons. The second-order valence-corrected chi connectivity index (χ2v) is 4.66. The summed E-state index contributed by atoms with van der Waals surface area (Å²) >= 11 is 1.77. The molecule has 0 amide bonds. The third kappa shape index (κ3) is 3.36. The van der Waals surface area contributed by atoms with Crippen molar-refractivity contribution < 1.29 is 4.74 Å². The fourth-order valence-corrected chi connectivity index (χ4v) is 2.12. The maximum Gasteiger partial charge on any atom is 0.0717 e. The van der Waals surface area contributed by atoms with Crippen LogP contribution >= 0.6 is 11.3 Å². The molecule has 1 aromatic carbocycles. The van der Waals surface area contributed by atoms with Gasteiger partial charge in [0.1, 0.15) is 0 Å². The zero-order chi connectivity index (χ0) is 11.2. The lowest BCUT2D eigenvalue weighted by atomic mass is 10.2. The zero-order valence-electron chi connectivity index (χ0n) is 9.06. The molecule has 0 aliphatic heterocycles. The zero-order valence-corrected chi connectivity index (χ0v) is 9.87. The van der Waals surface area contributed by atoms with Gasteiger partial charge in [-0.3, -0.25) is 0 Å². The molecule has 3 heteroatoms. The average Bonchev–Trinajstić information content (AvgIpc) is 2.80. The van der Waals surface area contributed by atoms with Crippen molar-refractivity contribution in [2.45, 2.75) is 13.0 Å². The van der Waals surface area contributed by atoms with Crippen molar-refractivity contribution in [3.05, 3.63) is 52.2 Å². The minimum absolute atomic E-state index is 0.658. The second kappa shape index (κ2) is 5.68. The highest BCUT2D eigenvalue weighted by Gasteiger charge is 1.95. The molecule has 0 saturated carbocycles. The van der Waals surface area contributed by atoms with E-state index in [1.54, 1.807) is 11.3 Å². The van der Waals surface area contributed by atoms with Gasteiger partial charge in [-0.2, -0.15) is 0 Å². The van der Waals surface area contributed by atoms with Crippen molar-refractivity contribution in [3.8, 4) is 0 Å². The third-order valence-electron chi connectivity index (χ3n) is 2.32. The number of nitrogens with two attached hydrogens (primary N) is 1. The van der Waals surface area contributed by atoms with E-state index >= 15 is 0 Å². The van der Waals surface area contributed by atoms with E-state index in [4.69, 9.17) is 10.5 Å². The lowest BCUT2D eigenvalue weighted by molar-refractivity contribution is 0.124. The second-order valence-electron chi connectivity index (χ2n) is 3.62. The first-order valence-corrected chi connectivity index (χ1v) is 6.17. The highest BCUT2D eigenvalue weighted by atomic mass is 32.1. The van der Waals surface area contributed by atoms with Crippen LogP contribution in [0.15, 0.2) is 41.8 Å². The van der Waals surface area contributed by atoms with Gasteiger partial charge in [-0.1, -0.05) is 18.2 Å². The Hall–Kier alpha value is -1.32. The highest BCUT2D eigenvalue weighted by molar-refractivity contribution is 7.09. The molecule has 2 nitrogen and oxygen atoms in total. The molecule has 1 aromatic heterocycles. The smallest absolute Gasteiger partial charge is 0.0717 e. The van der Waals surface area contributed by atoms with Gasteiger partial charge in [0, 0.05) is 17.0 Å². The van der Waals surface area contributed by atoms with Crippen LogP contribution in [-0.4, -0.2) is 6.61 Å². The predicted molar refractivity (Wildman–Crippen MR) is 68.5 cm³/mol. The number of hydrogen-bond donors (Lipinski definition) is 1. The number of benzene rings is 1. The first kappa shape index (κ1) is 11.2. The quantitative estimate of drug-likeness (QED) is 0.636. The summed E-state index contributed by atoms with van der Waals surface area (Å²) in [5.41, 5.74) is 7.57. The van der Waals surface area contributed by atoms with Crippen molar-refractivity contribution >= 4 is 17.0 Å². The van der Waals surface area contributed by atoms with E-state index in [1.165, 1.54) is 10.4 Å². The largest absolute Gasteiger partial charge is 0.399 e. The van der Waals surface area contributed by atoms with E-state index in [9.17, 15) is 0 Å². The van der Waals surface area contributed by atoms with Crippen molar-refractivity contribution in [1.82, 2.24) is 0 Å². The summed E-state index contributed by atoms with van der Waals surface area (Å²) < 4.78 is 5.60. The van der Waals surface area contributed by atoms with Crippen LogP contribution < -0.4 is 5.73 Å². The Kier molecular flexibility index (Phi) is 3.97. The van der Waals surface area contributed by atoms with Crippen LogP contribution in [0.4, 0.5) is 5.69 Å². The van der Waals surface area contributed by atoms with E-state index < -0.39 is 0 Å². The van der Waals surface area contributed by atoms with Gasteiger partial charge in [0.05, 0.1) is 13.2 Å². The molecule has 0 saturated heterocycles. The van der Waals surface area contributed by atoms with Crippen molar-refractivity contribution in [3.63, 3.8) is 0 Å². The van der Waals surface area contributed by atoms with Crippen LogP contribution in [0.1, 0.15) is 10.4 Å². The summed E-state index contributed by atoms with van der Waals surface area (Å²) in [5, 5.41) is 2.09. The van der Waals surface area contributed by atoms with E-state index in [1.807, 2.05) is 24.3 Å². The lowest BCUT2D eigenvalue weighted by Crippen LogP contribution is -1.98. The molecule has 0 aliphatic rings. The number of hydrogen-bond acceptors (Lipinski definition) is 3. The van der Waals surface area contributed by atoms with Gasteiger partial charge in [-0.15, -0.1) is 11.3 Å². The van der Waals surface area contributed by atoms with E-state index in [2.05, 4.69) is 17.5 Å². The number of thiophene rings is 1. The number of nitrogen functional groups attached to an aromatic ring is 1. The summed E-state index contributed by atoms with van der Waals surface area (Å²) in [6.45, 7) is 1.43. The van der Waals surface area contributed by atoms with Gasteiger partial charge in [0.15, 0.2) is 0 Å². The summed E-state index contributed by atoms with van der Waals surface area (Å²) in [4.78, 5) is 1.37. The van der Waals surface area contributed by atoms with Crippen LogP contribution in [0.2, 0.25) is 0 Å². The molecule has 0 aliphatic carbocycles. The molecule has 0 unspecified atom stereocenters. The fourth-order valence-electron chi connectivity index (χ4n) is 1.43. The topological polar surface area (TPSA) is 35.2 Å². The van der Waals surface area contributed by atoms with Gasteiger partial charge in [0.25, 0.3) is 0 Å². The SMILES string of the molecule is Nc1ccc(COCCc2cccs2)cc1. The standard InChI is InChI=1S/C13H15NOS/c14-12-5-3-11(4-6-12)10-15-8-7-13-2-1-9-16-13/h1-6,9H,7-8,10,14H2. The minimum Gasteiger partial charge on any atom is -0.399 e. The highest BCUT2D eigenvalue weighted by Crippen LogP contribution is 2.10. The Labute approximate surface area is 99.7 Å². The maximum absolute atomic E-state index is 5.61. The Balaban J connectivity index is 1.70. The molecule has 0 spiro atoms. The summed E-state index contributed by atoms with van der Waals surface area (Å²) in [7, 11) is 0. The van der Waals surface area contributed by atoms with Gasteiger partial charge in [0.2, 0.25) is 0 Å². The lowest BCUT2D eigenvalue weighted by Gasteiger charge is -2.03. The minimum atomic E-state index is 0.658. The molecule has 0 radical (unpaired) electrons. The molecule has 2 N–H and O–H groups in total. The van der Waals surface area contributed by atoms with E-state index in [0.717, 1.165) is 18.7 Å². The number of anilines is 1.